The van der Waals surface area contributed by atoms with Crippen LogP contribution in [0.15, 0.2) is 0 Å². The van der Waals surface area contributed by atoms with Crippen molar-refractivity contribution in [2.24, 2.45) is 0 Å². The minimum Gasteiger partial charge on any atom is -0.394 e. The summed E-state index contributed by atoms with van der Waals surface area (Å²) in [6.45, 7) is -0.143. The molecule has 58 valence electrons. The fraction of sp³-hybridized carbons (Fsp3) is 0.750. The number of aliphatic hydroxyl groups is 2. The van der Waals surface area contributed by atoms with Crippen LogP contribution in [-0.2, 0) is 0 Å². The molecule has 0 aromatic rings. The Labute approximate surface area is 61.9 Å². The van der Waals surface area contributed by atoms with Crippen LogP contribution in [0.5, 0.6) is 0 Å². The minimum atomic E-state index is -0.558. The average molecular weight is 142 g/mol. The summed E-state index contributed by atoms with van der Waals surface area (Å²) in [4.78, 5) is 0. The van der Waals surface area contributed by atoms with E-state index in [-0.39, 0.29) is 6.61 Å². The second-order valence-electron chi connectivity index (χ2n) is 2.29. The molecule has 0 saturated heterocycles. The van der Waals surface area contributed by atoms with Crippen molar-refractivity contribution in [1.29, 1.82) is 0 Å². The van der Waals surface area contributed by atoms with Crippen LogP contribution in [-0.4, -0.2) is 22.9 Å². The lowest BCUT2D eigenvalue weighted by molar-refractivity contribution is 0.0863. The van der Waals surface area contributed by atoms with Gasteiger partial charge >= 0.3 is 0 Å². The van der Waals surface area contributed by atoms with Gasteiger partial charge in [-0.3, -0.25) is 0 Å². The lowest BCUT2D eigenvalue weighted by Crippen LogP contribution is -2.10. The van der Waals surface area contributed by atoms with Gasteiger partial charge in [-0.05, 0) is 19.3 Å². The molecule has 0 spiro atoms. The Balaban J connectivity index is 2.98. The van der Waals surface area contributed by atoms with Gasteiger partial charge in [0.25, 0.3) is 0 Å². The number of rotatable bonds is 5. The Kier molecular flexibility index (Phi) is 6.25. The molecule has 0 saturated carbocycles. The van der Waals surface area contributed by atoms with Crippen LogP contribution in [0.3, 0.4) is 0 Å². The van der Waals surface area contributed by atoms with E-state index in [0.29, 0.717) is 6.42 Å². The Morgan fingerprint density at radius 2 is 2.10 bits per heavy atom. The smallest absolute Gasteiger partial charge is 0.0770 e. The zero-order valence-electron chi connectivity index (χ0n) is 6.08. The Morgan fingerprint density at radius 3 is 2.60 bits per heavy atom. The summed E-state index contributed by atoms with van der Waals surface area (Å²) in [6, 6.07) is 0. The van der Waals surface area contributed by atoms with Crippen molar-refractivity contribution in [3.05, 3.63) is 0 Å². The molecular formula is C8H14O2. The number of aliphatic hydroxyl groups excluding tert-OH is 2. The van der Waals surface area contributed by atoms with Gasteiger partial charge in [-0.2, -0.15) is 0 Å². The molecule has 0 rings (SSSR count). The van der Waals surface area contributed by atoms with Crippen molar-refractivity contribution in [3.63, 3.8) is 0 Å². The molecule has 0 bridgehead atoms. The van der Waals surface area contributed by atoms with E-state index in [4.69, 9.17) is 16.6 Å². The van der Waals surface area contributed by atoms with Crippen molar-refractivity contribution in [1.82, 2.24) is 0 Å². The SMILES string of the molecule is C#CCCCCC(O)CO. The summed E-state index contributed by atoms with van der Waals surface area (Å²) in [5.41, 5.74) is 0. The maximum absolute atomic E-state index is 8.86. The van der Waals surface area contributed by atoms with Gasteiger partial charge in [0.1, 0.15) is 0 Å². The predicted octanol–water partition coefficient (Wildman–Crippen LogP) is 0.533. The highest BCUT2D eigenvalue weighted by Gasteiger charge is 1.99. The highest BCUT2D eigenvalue weighted by Crippen LogP contribution is 2.01. The normalized spacial score (nSPS) is 12.5. The monoisotopic (exact) mass is 142 g/mol. The van der Waals surface area contributed by atoms with E-state index in [1.165, 1.54) is 0 Å². The van der Waals surface area contributed by atoms with E-state index < -0.39 is 6.10 Å². The summed E-state index contributed by atoms with van der Waals surface area (Å²) in [5, 5.41) is 17.3. The summed E-state index contributed by atoms with van der Waals surface area (Å²) >= 11 is 0. The van der Waals surface area contributed by atoms with Crippen LogP contribution >= 0.6 is 0 Å². The van der Waals surface area contributed by atoms with Crippen LogP contribution in [0.25, 0.3) is 0 Å². The second-order valence-corrected chi connectivity index (χ2v) is 2.29. The van der Waals surface area contributed by atoms with E-state index >= 15 is 0 Å². The molecule has 1 atom stereocenters. The summed E-state index contributed by atoms with van der Waals surface area (Å²) in [5.74, 6) is 2.52. The third kappa shape index (κ3) is 5.61. The number of unbranched alkanes of at least 4 members (excludes halogenated alkanes) is 2. The topological polar surface area (TPSA) is 40.5 Å². The number of hydrogen-bond donors (Lipinski definition) is 2. The molecule has 0 aromatic carbocycles. The summed E-state index contributed by atoms with van der Waals surface area (Å²) < 4.78 is 0. The first-order valence-electron chi connectivity index (χ1n) is 3.53. The van der Waals surface area contributed by atoms with Gasteiger partial charge in [0.05, 0.1) is 12.7 Å². The second kappa shape index (κ2) is 6.60. The number of terminal acetylenes is 1. The van der Waals surface area contributed by atoms with E-state index in [9.17, 15) is 0 Å². The molecule has 0 fully saturated rings. The minimum absolute atomic E-state index is 0.143. The first-order valence-corrected chi connectivity index (χ1v) is 3.53. The number of hydrogen-bond acceptors (Lipinski definition) is 2. The standard InChI is InChI=1S/C8H14O2/c1-2-3-4-5-6-8(10)7-9/h1,8-10H,3-7H2. The maximum atomic E-state index is 8.86. The van der Waals surface area contributed by atoms with Gasteiger partial charge in [0, 0.05) is 6.42 Å². The van der Waals surface area contributed by atoms with Crippen LogP contribution in [0.1, 0.15) is 25.7 Å². The first-order chi connectivity index (χ1) is 4.81. The molecule has 0 heterocycles. The zero-order chi connectivity index (χ0) is 7.82. The predicted molar refractivity (Wildman–Crippen MR) is 40.4 cm³/mol. The van der Waals surface area contributed by atoms with Crippen molar-refractivity contribution in [2.45, 2.75) is 31.8 Å². The van der Waals surface area contributed by atoms with Crippen molar-refractivity contribution < 1.29 is 10.2 Å². The Bertz CT molecular complexity index is 104. The van der Waals surface area contributed by atoms with Crippen molar-refractivity contribution >= 4 is 0 Å². The fourth-order valence-electron chi connectivity index (χ4n) is 0.698. The molecule has 0 amide bonds. The molecular weight excluding hydrogens is 128 g/mol. The molecule has 0 aromatic heterocycles. The van der Waals surface area contributed by atoms with Crippen LogP contribution < -0.4 is 0 Å². The molecule has 1 unspecified atom stereocenters. The van der Waals surface area contributed by atoms with Crippen molar-refractivity contribution in [2.75, 3.05) is 6.61 Å². The lowest BCUT2D eigenvalue weighted by Gasteiger charge is -2.03. The maximum Gasteiger partial charge on any atom is 0.0770 e. The van der Waals surface area contributed by atoms with E-state index in [1.807, 2.05) is 0 Å². The van der Waals surface area contributed by atoms with Gasteiger partial charge in [-0.25, -0.2) is 0 Å². The molecule has 2 N–H and O–H groups in total. The molecule has 0 aliphatic rings. The van der Waals surface area contributed by atoms with Crippen LogP contribution in [0, 0.1) is 12.3 Å². The highest BCUT2D eigenvalue weighted by atomic mass is 16.3. The molecule has 10 heavy (non-hydrogen) atoms. The quantitative estimate of drug-likeness (QED) is 0.434. The van der Waals surface area contributed by atoms with Crippen LogP contribution in [0.4, 0.5) is 0 Å². The molecule has 0 radical (unpaired) electrons. The molecule has 2 nitrogen and oxygen atoms in total. The van der Waals surface area contributed by atoms with Gasteiger partial charge in [0.15, 0.2) is 0 Å². The van der Waals surface area contributed by atoms with E-state index in [1.54, 1.807) is 0 Å². The van der Waals surface area contributed by atoms with Gasteiger partial charge in [0.2, 0.25) is 0 Å². The van der Waals surface area contributed by atoms with Gasteiger partial charge < -0.3 is 10.2 Å². The third-order valence-corrected chi connectivity index (χ3v) is 1.32. The summed E-state index contributed by atoms with van der Waals surface area (Å²) in [7, 11) is 0. The zero-order valence-corrected chi connectivity index (χ0v) is 6.08. The average Bonchev–Trinajstić information content (AvgIpc) is 1.98. The first kappa shape index (κ1) is 9.48. The fourth-order valence-corrected chi connectivity index (χ4v) is 0.698. The molecule has 0 aliphatic heterocycles. The van der Waals surface area contributed by atoms with Gasteiger partial charge in [-0.1, -0.05) is 0 Å². The van der Waals surface area contributed by atoms with Crippen LogP contribution in [0.2, 0.25) is 0 Å². The molecule has 0 aliphatic carbocycles. The van der Waals surface area contributed by atoms with E-state index in [0.717, 1.165) is 19.3 Å². The third-order valence-electron chi connectivity index (χ3n) is 1.32. The lowest BCUT2D eigenvalue weighted by atomic mass is 10.1. The Morgan fingerprint density at radius 1 is 1.40 bits per heavy atom. The van der Waals surface area contributed by atoms with Gasteiger partial charge in [-0.15, -0.1) is 12.3 Å². The summed E-state index contributed by atoms with van der Waals surface area (Å²) in [6.07, 6.45) is 7.70. The van der Waals surface area contributed by atoms with E-state index in [2.05, 4.69) is 5.92 Å². The molecule has 2 heteroatoms. The largest absolute Gasteiger partial charge is 0.394 e. The highest BCUT2D eigenvalue weighted by molar-refractivity contribution is 4.82. The van der Waals surface area contributed by atoms with Crippen molar-refractivity contribution in [3.8, 4) is 12.3 Å². The Hall–Kier alpha value is -0.520.